The number of H-pyrrole nitrogens is 1. The molecule has 124 valence electrons. The molecule has 4 nitrogen and oxygen atoms in total. The molecule has 1 aliphatic heterocycles. The Morgan fingerprint density at radius 2 is 1.92 bits per heavy atom. The highest BCUT2D eigenvalue weighted by atomic mass is 15.1. The number of rotatable bonds is 3. The summed E-state index contributed by atoms with van der Waals surface area (Å²) in [7, 11) is 0. The van der Waals surface area contributed by atoms with Gasteiger partial charge in [0.1, 0.15) is 0 Å². The number of fused-ring (bicyclic) bond motifs is 1. The molecule has 0 amide bonds. The predicted molar refractivity (Wildman–Crippen MR) is 97.5 cm³/mol. The minimum absolute atomic E-state index is 0.758. The van der Waals surface area contributed by atoms with Crippen molar-refractivity contribution in [1.29, 1.82) is 0 Å². The third kappa shape index (κ3) is 2.94. The molecule has 24 heavy (non-hydrogen) atoms. The van der Waals surface area contributed by atoms with Gasteiger partial charge in [0.25, 0.3) is 0 Å². The Bertz CT molecular complexity index is 814. The van der Waals surface area contributed by atoms with Crippen LogP contribution in [0.3, 0.4) is 0 Å². The molecule has 0 bridgehead atoms. The van der Waals surface area contributed by atoms with E-state index < -0.39 is 0 Å². The molecule has 4 heterocycles. The van der Waals surface area contributed by atoms with Crippen molar-refractivity contribution in [2.45, 2.75) is 26.8 Å². The van der Waals surface area contributed by atoms with Crippen molar-refractivity contribution in [1.82, 2.24) is 19.9 Å². The van der Waals surface area contributed by atoms with Crippen LogP contribution in [-0.4, -0.2) is 32.9 Å². The third-order valence-corrected chi connectivity index (χ3v) is 4.93. The molecule has 0 aliphatic carbocycles. The minimum Gasteiger partial charge on any atom is -0.353 e. The molecule has 0 saturated carbocycles. The van der Waals surface area contributed by atoms with Crippen molar-refractivity contribution >= 4 is 11.0 Å². The van der Waals surface area contributed by atoms with Crippen LogP contribution in [0, 0.1) is 11.8 Å². The van der Waals surface area contributed by atoms with Crippen LogP contribution >= 0.6 is 0 Å². The average Bonchev–Trinajstić information content (AvgIpc) is 2.94. The molecular formula is C20H24N4. The van der Waals surface area contributed by atoms with Gasteiger partial charge in [0, 0.05) is 49.4 Å². The highest BCUT2D eigenvalue weighted by molar-refractivity contribution is 5.87. The van der Waals surface area contributed by atoms with Gasteiger partial charge in [0.2, 0.25) is 0 Å². The first kappa shape index (κ1) is 15.3. The van der Waals surface area contributed by atoms with Crippen molar-refractivity contribution in [3.63, 3.8) is 0 Å². The van der Waals surface area contributed by atoms with Crippen LogP contribution < -0.4 is 0 Å². The predicted octanol–water partition coefficient (Wildman–Crippen LogP) is 4.10. The molecule has 0 radical (unpaired) electrons. The van der Waals surface area contributed by atoms with Gasteiger partial charge in [-0.15, -0.1) is 0 Å². The molecule has 0 unspecified atom stereocenters. The highest BCUT2D eigenvalue weighted by Crippen LogP contribution is 2.31. The molecule has 1 N–H and O–H groups in total. The Labute approximate surface area is 142 Å². The zero-order valence-corrected chi connectivity index (χ0v) is 14.4. The normalized spacial score (nSPS) is 22.1. The number of hydrogen-bond acceptors (Lipinski definition) is 3. The van der Waals surface area contributed by atoms with E-state index in [0.29, 0.717) is 0 Å². The van der Waals surface area contributed by atoms with E-state index in [1.165, 1.54) is 12.0 Å². The first-order valence-electron chi connectivity index (χ1n) is 8.79. The van der Waals surface area contributed by atoms with Gasteiger partial charge in [-0.2, -0.15) is 0 Å². The van der Waals surface area contributed by atoms with Gasteiger partial charge in [-0.25, -0.2) is 0 Å². The second-order valence-electron chi connectivity index (χ2n) is 7.26. The molecular weight excluding hydrogens is 296 g/mol. The number of pyridine rings is 2. The topological polar surface area (TPSA) is 44.8 Å². The highest BCUT2D eigenvalue weighted by Gasteiger charge is 2.24. The van der Waals surface area contributed by atoms with Crippen LogP contribution in [0.4, 0.5) is 0 Å². The van der Waals surface area contributed by atoms with Crippen LogP contribution in [0.15, 0.2) is 42.9 Å². The molecule has 0 spiro atoms. The van der Waals surface area contributed by atoms with Crippen molar-refractivity contribution in [3.8, 4) is 11.3 Å². The molecule has 1 fully saturated rings. The van der Waals surface area contributed by atoms with Gasteiger partial charge in [-0.3, -0.25) is 14.9 Å². The lowest BCUT2D eigenvalue weighted by atomic mass is 9.91. The van der Waals surface area contributed by atoms with Crippen LogP contribution in [0.5, 0.6) is 0 Å². The fraction of sp³-hybridized carbons (Fsp3) is 0.400. The number of piperidine rings is 1. The van der Waals surface area contributed by atoms with E-state index >= 15 is 0 Å². The summed E-state index contributed by atoms with van der Waals surface area (Å²) in [6, 6.07) is 8.19. The second kappa shape index (κ2) is 6.36. The first-order valence-corrected chi connectivity index (χ1v) is 8.79. The van der Waals surface area contributed by atoms with Crippen molar-refractivity contribution in [2.24, 2.45) is 11.8 Å². The Morgan fingerprint density at radius 1 is 1.12 bits per heavy atom. The fourth-order valence-corrected chi connectivity index (χ4v) is 4.13. The summed E-state index contributed by atoms with van der Waals surface area (Å²) in [5, 5.41) is 0. The Hall–Kier alpha value is -2.20. The summed E-state index contributed by atoms with van der Waals surface area (Å²) in [6.45, 7) is 7.99. The van der Waals surface area contributed by atoms with Crippen LogP contribution in [0.2, 0.25) is 0 Å². The quantitative estimate of drug-likeness (QED) is 0.790. The molecule has 2 atom stereocenters. The molecule has 3 aromatic heterocycles. The van der Waals surface area contributed by atoms with E-state index in [0.717, 1.165) is 53.8 Å². The Kier molecular flexibility index (Phi) is 4.07. The number of aromatic nitrogens is 3. The maximum Gasteiger partial charge on any atom is 0.0930 e. The lowest BCUT2D eigenvalue weighted by Gasteiger charge is -2.35. The lowest BCUT2D eigenvalue weighted by Crippen LogP contribution is -2.38. The first-order chi connectivity index (χ1) is 11.7. The van der Waals surface area contributed by atoms with Gasteiger partial charge in [0.15, 0.2) is 0 Å². The average molecular weight is 320 g/mol. The van der Waals surface area contributed by atoms with Gasteiger partial charge in [-0.1, -0.05) is 13.8 Å². The lowest BCUT2D eigenvalue weighted by molar-refractivity contribution is 0.135. The number of hydrogen-bond donors (Lipinski definition) is 1. The number of nitrogens with zero attached hydrogens (tertiary/aromatic N) is 3. The van der Waals surface area contributed by atoms with E-state index in [2.05, 4.69) is 45.8 Å². The van der Waals surface area contributed by atoms with Gasteiger partial charge in [0.05, 0.1) is 16.7 Å². The molecule has 0 aromatic carbocycles. The maximum absolute atomic E-state index is 4.65. The molecule has 1 saturated heterocycles. The van der Waals surface area contributed by atoms with E-state index in [1.54, 1.807) is 0 Å². The van der Waals surface area contributed by atoms with Crippen LogP contribution in [0.1, 0.15) is 25.8 Å². The smallest absolute Gasteiger partial charge is 0.0930 e. The van der Waals surface area contributed by atoms with E-state index in [-0.39, 0.29) is 0 Å². The largest absolute Gasteiger partial charge is 0.353 e. The summed E-state index contributed by atoms with van der Waals surface area (Å²) in [6.07, 6.45) is 6.96. The number of nitrogens with one attached hydrogen (secondary N) is 1. The fourth-order valence-electron chi connectivity index (χ4n) is 4.13. The molecule has 1 aliphatic rings. The van der Waals surface area contributed by atoms with Gasteiger partial charge >= 0.3 is 0 Å². The zero-order valence-electron chi connectivity index (χ0n) is 14.4. The van der Waals surface area contributed by atoms with Crippen molar-refractivity contribution in [2.75, 3.05) is 13.1 Å². The second-order valence-corrected chi connectivity index (χ2v) is 7.26. The monoisotopic (exact) mass is 320 g/mol. The van der Waals surface area contributed by atoms with Crippen molar-refractivity contribution in [3.05, 3.63) is 48.4 Å². The minimum atomic E-state index is 0.758. The van der Waals surface area contributed by atoms with E-state index in [1.807, 2.05) is 30.7 Å². The van der Waals surface area contributed by atoms with E-state index in [4.69, 9.17) is 0 Å². The number of likely N-dealkylation sites (tertiary alicyclic amines) is 1. The molecule has 3 aromatic rings. The molecule has 4 rings (SSSR count). The summed E-state index contributed by atoms with van der Waals surface area (Å²) in [5.41, 5.74) is 5.76. The Morgan fingerprint density at radius 3 is 2.67 bits per heavy atom. The summed E-state index contributed by atoms with van der Waals surface area (Å²) in [4.78, 5) is 15.1. The summed E-state index contributed by atoms with van der Waals surface area (Å²) < 4.78 is 0. The SMILES string of the molecule is C[C@H]1C[C@H](C)CN(Cc2c(-c3cccnc3)[nH]c3cccnc23)C1. The standard InChI is InChI=1S/C20H24N4/c1-14-9-15(2)12-24(11-14)13-17-19(16-5-3-7-21-10-16)23-18-6-4-8-22-20(17)18/h3-8,10,14-15,23H,9,11-13H2,1-2H3/t14-,15-/m0/s1. The van der Waals surface area contributed by atoms with Crippen molar-refractivity contribution < 1.29 is 0 Å². The Balaban J connectivity index is 1.75. The van der Waals surface area contributed by atoms with Crippen LogP contribution in [0.25, 0.3) is 22.3 Å². The van der Waals surface area contributed by atoms with Gasteiger partial charge in [-0.05, 0) is 42.5 Å². The summed E-state index contributed by atoms with van der Waals surface area (Å²) >= 11 is 0. The van der Waals surface area contributed by atoms with Crippen LogP contribution in [-0.2, 0) is 6.54 Å². The zero-order chi connectivity index (χ0) is 16.5. The molecule has 4 heteroatoms. The van der Waals surface area contributed by atoms with Gasteiger partial charge < -0.3 is 4.98 Å². The maximum atomic E-state index is 4.65. The third-order valence-electron chi connectivity index (χ3n) is 4.93. The number of aromatic amines is 1. The van der Waals surface area contributed by atoms with E-state index in [9.17, 15) is 0 Å². The summed E-state index contributed by atoms with van der Waals surface area (Å²) in [5.74, 6) is 1.52.